The Labute approximate surface area is 102 Å². The molecule has 17 heavy (non-hydrogen) atoms. The molecule has 1 aliphatic rings. The van der Waals surface area contributed by atoms with Gasteiger partial charge in [0.05, 0.1) is 0 Å². The van der Waals surface area contributed by atoms with Crippen molar-refractivity contribution in [3.05, 3.63) is 29.6 Å². The lowest BCUT2D eigenvalue weighted by atomic mass is 10.1. The number of nitrogens with one attached hydrogen (secondary N) is 1. The van der Waals surface area contributed by atoms with Gasteiger partial charge in [0.1, 0.15) is 11.5 Å². The van der Waals surface area contributed by atoms with Crippen LogP contribution in [0.4, 0.5) is 0 Å². The Hall–Kier alpha value is -1.42. The molecule has 1 saturated heterocycles. The largest absolute Gasteiger partial charge is 0.382 e. The summed E-state index contributed by atoms with van der Waals surface area (Å²) in [5, 5.41) is 7.54. The lowest BCUT2D eigenvalue weighted by Crippen LogP contribution is -2.28. The van der Waals surface area contributed by atoms with Gasteiger partial charge in [-0.1, -0.05) is 13.0 Å². The average Bonchev–Trinajstić information content (AvgIpc) is 2.58. The third-order valence-corrected chi connectivity index (χ3v) is 3.43. The molecule has 92 valence electrons. The van der Waals surface area contributed by atoms with Gasteiger partial charge in [-0.25, -0.2) is 0 Å². The molecule has 4 nitrogen and oxygen atoms in total. The Kier molecular flexibility index (Phi) is 3.43. The normalized spacial score (nSPS) is 25.1. The highest BCUT2D eigenvalue weighted by molar-refractivity contribution is 5.94. The molecule has 1 aliphatic heterocycles. The van der Waals surface area contributed by atoms with Gasteiger partial charge in [0.15, 0.2) is 0 Å². The Morgan fingerprint density at radius 1 is 1.59 bits per heavy atom. The maximum absolute atomic E-state index is 7.54. The van der Waals surface area contributed by atoms with E-state index in [1.807, 2.05) is 12.1 Å². The Morgan fingerprint density at radius 2 is 2.35 bits per heavy atom. The molecule has 0 radical (unpaired) electrons. The van der Waals surface area contributed by atoms with Crippen LogP contribution in [0.3, 0.4) is 0 Å². The van der Waals surface area contributed by atoms with Gasteiger partial charge in [-0.2, -0.15) is 0 Å². The lowest BCUT2D eigenvalue weighted by Gasteiger charge is -2.21. The van der Waals surface area contributed by atoms with E-state index in [2.05, 4.69) is 23.7 Å². The molecule has 4 heteroatoms. The van der Waals surface area contributed by atoms with Gasteiger partial charge in [-0.3, -0.25) is 15.3 Å². The lowest BCUT2D eigenvalue weighted by molar-refractivity contribution is 0.256. The Balaban J connectivity index is 2.16. The third kappa shape index (κ3) is 2.64. The van der Waals surface area contributed by atoms with Crippen molar-refractivity contribution in [2.75, 3.05) is 6.54 Å². The number of aromatic nitrogens is 1. The molecular weight excluding hydrogens is 212 g/mol. The monoisotopic (exact) mass is 232 g/mol. The van der Waals surface area contributed by atoms with Crippen molar-refractivity contribution >= 4 is 5.84 Å². The second-order valence-corrected chi connectivity index (χ2v) is 5.04. The molecule has 0 aliphatic carbocycles. The molecule has 3 N–H and O–H groups in total. The quantitative estimate of drug-likeness (QED) is 0.614. The number of hydrogen-bond acceptors (Lipinski definition) is 3. The number of hydrogen-bond donors (Lipinski definition) is 2. The predicted molar refractivity (Wildman–Crippen MR) is 68.9 cm³/mol. The van der Waals surface area contributed by atoms with Crippen molar-refractivity contribution in [3.63, 3.8) is 0 Å². The Bertz CT molecular complexity index is 416. The van der Waals surface area contributed by atoms with Crippen LogP contribution in [-0.2, 0) is 6.54 Å². The van der Waals surface area contributed by atoms with Gasteiger partial charge in [-0.05, 0) is 30.9 Å². The fourth-order valence-corrected chi connectivity index (χ4v) is 2.63. The van der Waals surface area contributed by atoms with Crippen LogP contribution in [0.1, 0.15) is 31.5 Å². The summed E-state index contributed by atoms with van der Waals surface area (Å²) in [4.78, 5) is 6.63. The van der Waals surface area contributed by atoms with E-state index < -0.39 is 0 Å². The average molecular weight is 232 g/mol. The van der Waals surface area contributed by atoms with Crippen molar-refractivity contribution in [3.8, 4) is 0 Å². The second kappa shape index (κ2) is 4.84. The smallest absolute Gasteiger partial charge is 0.142 e. The minimum absolute atomic E-state index is 0.0560. The summed E-state index contributed by atoms with van der Waals surface area (Å²) < 4.78 is 0. The predicted octanol–water partition coefficient (Wildman–Crippen LogP) is 1.60. The molecule has 0 aromatic carbocycles. The zero-order chi connectivity index (χ0) is 12.4. The molecule has 0 spiro atoms. The van der Waals surface area contributed by atoms with Crippen LogP contribution >= 0.6 is 0 Å². The number of pyridine rings is 1. The van der Waals surface area contributed by atoms with E-state index in [1.54, 1.807) is 6.20 Å². The minimum atomic E-state index is 0.0560. The summed E-state index contributed by atoms with van der Waals surface area (Å²) in [5.74, 6) is 0.808. The Morgan fingerprint density at radius 3 is 2.94 bits per heavy atom. The number of likely N-dealkylation sites (tertiary alicyclic amines) is 1. The first-order valence-electron chi connectivity index (χ1n) is 6.10. The van der Waals surface area contributed by atoms with Crippen LogP contribution in [0.2, 0.25) is 0 Å². The minimum Gasteiger partial charge on any atom is -0.382 e. The number of rotatable bonds is 3. The highest BCUT2D eigenvalue weighted by Gasteiger charge is 2.26. The van der Waals surface area contributed by atoms with Crippen LogP contribution in [0.15, 0.2) is 18.3 Å². The molecule has 0 saturated carbocycles. The maximum Gasteiger partial charge on any atom is 0.142 e. The zero-order valence-corrected chi connectivity index (χ0v) is 10.5. The van der Waals surface area contributed by atoms with E-state index in [0.717, 1.165) is 24.6 Å². The van der Waals surface area contributed by atoms with Crippen LogP contribution in [0.5, 0.6) is 0 Å². The SMILES string of the molecule is CC1CC(C)N(Cc2cccnc2C(=N)N)C1. The summed E-state index contributed by atoms with van der Waals surface area (Å²) in [6.45, 7) is 6.50. The van der Waals surface area contributed by atoms with Gasteiger partial charge in [0, 0.05) is 25.3 Å². The van der Waals surface area contributed by atoms with Gasteiger partial charge in [0.2, 0.25) is 0 Å². The summed E-state index contributed by atoms with van der Waals surface area (Å²) in [6.07, 6.45) is 2.94. The maximum atomic E-state index is 7.54. The molecule has 2 rings (SSSR count). The van der Waals surface area contributed by atoms with Crippen LogP contribution in [0.25, 0.3) is 0 Å². The summed E-state index contributed by atoms with van der Waals surface area (Å²) in [7, 11) is 0. The molecular formula is C13H20N4. The van der Waals surface area contributed by atoms with Crippen molar-refractivity contribution in [1.29, 1.82) is 5.41 Å². The summed E-state index contributed by atoms with van der Waals surface area (Å²) in [5.41, 5.74) is 7.23. The number of nitrogens with two attached hydrogens (primary N) is 1. The van der Waals surface area contributed by atoms with Crippen LogP contribution in [-0.4, -0.2) is 28.3 Å². The first kappa shape index (κ1) is 12.0. The summed E-state index contributed by atoms with van der Waals surface area (Å²) in [6, 6.07) is 4.52. The number of nitrogen functional groups attached to an aromatic ring is 1. The first-order chi connectivity index (χ1) is 8.08. The van der Waals surface area contributed by atoms with E-state index >= 15 is 0 Å². The van der Waals surface area contributed by atoms with Crippen LogP contribution < -0.4 is 5.73 Å². The molecule has 1 aromatic heterocycles. The molecule has 1 aromatic rings. The summed E-state index contributed by atoms with van der Waals surface area (Å²) >= 11 is 0. The topological polar surface area (TPSA) is 66.0 Å². The van der Waals surface area contributed by atoms with Crippen molar-refractivity contribution < 1.29 is 0 Å². The van der Waals surface area contributed by atoms with Crippen molar-refractivity contribution in [2.24, 2.45) is 11.7 Å². The third-order valence-electron chi connectivity index (χ3n) is 3.43. The van der Waals surface area contributed by atoms with E-state index in [4.69, 9.17) is 11.1 Å². The fourth-order valence-electron chi connectivity index (χ4n) is 2.63. The molecule has 0 amide bonds. The molecule has 2 unspecified atom stereocenters. The van der Waals surface area contributed by atoms with E-state index in [0.29, 0.717) is 11.7 Å². The van der Waals surface area contributed by atoms with Crippen molar-refractivity contribution in [2.45, 2.75) is 32.9 Å². The van der Waals surface area contributed by atoms with Gasteiger partial charge < -0.3 is 5.73 Å². The first-order valence-corrected chi connectivity index (χ1v) is 6.10. The number of nitrogens with zero attached hydrogens (tertiary/aromatic N) is 2. The molecule has 2 heterocycles. The highest BCUT2D eigenvalue weighted by atomic mass is 15.2. The van der Waals surface area contributed by atoms with Crippen LogP contribution in [0, 0.1) is 11.3 Å². The molecule has 1 fully saturated rings. The fraction of sp³-hybridized carbons (Fsp3) is 0.538. The number of amidine groups is 1. The zero-order valence-electron chi connectivity index (χ0n) is 10.5. The van der Waals surface area contributed by atoms with E-state index in [-0.39, 0.29) is 5.84 Å². The molecule has 0 bridgehead atoms. The second-order valence-electron chi connectivity index (χ2n) is 5.04. The van der Waals surface area contributed by atoms with Gasteiger partial charge >= 0.3 is 0 Å². The molecule has 2 atom stereocenters. The van der Waals surface area contributed by atoms with Gasteiger partial charge in [-0.15, -0.1) is 0 Å². The highest BCUT2D eigenvalue weighted by Crippen LogP contribution is 2.24. The van der Waals surface area contributed by atoms with E-state index in [9.17, 15) is 0 Å². The van der Waals surface area contributed by atoms with Gasteiger partial charge in [0.25, 0.3) is 0 Å². The van der Waals surface area contributed by atoms with E-state index in [1.165, 1.54) is 6.42 Å². The van der Waals surface area contributed by atoms with Crippen molar-refractivity contribution in [1.82, 2.24) is 9.88 Å². The standard InChI is InChI=1S/C13H20N4/c1-9-6-10(2)17(7-9)8-11-4-3-5-16-12(11)13(14)15/h3-5,9-10H,6-8H2,1-2H3,(H3,14,15).